The van der Waals surface area contributed by atoms with Gasteiger partial charge in [-0.1, -0.05) is 18.5 Å². The number of likely N-dealkylation sites (tertiary alicyclic amines) is 1. The lowest BCUT2D eigenvalue weighted by molar-refractivity contribution is -0.137. The summed E-state index contributed by atoms with van der Waals surface area (Å²) in [6.07, 6.45) is -3.12. The van der Waals surface area contributed by atoms with E-state index in [4.69, 9.17) is 16.6 Å². The molecule has 0 bridgehead atoms. The number of hydrogen-bond donors (Lipinski definition) is 2. The Labute approximate surface area is 329 Å². The predicted octanol–water partition coefficient (Wildman–Crippen LogP) is 3.95. The lowest BCUT2D eigenvalue weighted by Gasteiger charge is -2.60. The number of piperazine rings is 1. The number of nitrogens with one attached hydrogen (secondary N) is 1. The van der Waals surface area contributed by atoms with Crippen molar-refractivity contribution in [3.05, 3.63) is 86.8 Å². The number of halogens is 4. The molecule has 2 amide bonds. The van der Waals surface area contributed by atoms with Gasteiger partial charge in [0.05, 0.1) is 27.7 Å². The maximum atomic E-state index is 14.4. The highest BCUT2D eigenvalue weighted by molar-refractivity contribution is 6.33. The minimum Gasteiger partial charge on any atom is -0.504 e. The number of carbonyl (C=O) groups is 2. The number of nitrogens with zero attached hydrogens (tertiary/aromatic N) is 10. The van der Waals surface area contributed by atoms with Crippen molar-refractivity contribution >= 4 is 46.3 Å². The first-order valence-electron chi connectivity index (χ1n) is 18.4. The van der Waals surface area contributed by atoms with E-state index in [-0.39, 0.29) is 84.3 Å². The van der Waals surface area contributed by atoms with Gasteiger partial charge in [-0.3, -0.25) is 14.4 Å². The van der Waals surface area contributed by atoms with Crippen molar-refractivity contribution in [1.82, 2.24) is 38.9 Å². The monoisotopic (exact) mass is 805 g/mol. The van der Waals surface area contributed by atoms with Crippen LogP contribution in [0.3, 0.4) is 0 Å². The summed E-state index contributed by atoms with van der Waals surface area (Å²) in [5.74, 6) is -1.05. The molecule has 57 heavy (non-hydrogen) atoms. The van der Waals surface area contributed by atoms with Crippen LogP contribution in [0.2, 0.25) is 5.02 Å². The van der Waals surface area contributed by atoms with E-state index in [9.17, 15) is 32.7 Å². The van der Waals surface area contributed by atoms with E-state index >= 15 is 0 Å². The molecule has 2 aromatic carbocycles. The molecule has 6 heterocycles. The van der Waals surface area contributed by atoms with Gasteiger partial charge in [0.25, 0.3) is 11.5 Å². The molecule has 0 aliphatic carbocycles. The maximum Gasteiger partial charge on any atom is 0.416 e. The van der Waals surface area contributed by atoms with E-state index in [0.29, 0.717) is 16.7 Å². The van der Waals surface area contributed by atoms with Crippen LogP contribution < -0.4 is 20.7 Å². The Morgan fingerprint density at radius 3 is 2.32 bits per heavy atom. The van der Waals surface area contributed by atoms with Gasteiger partial charge in [-0.05, 0) is 62.9 Å². The molecular weight excluding hydrogens is 767 g/mol. The molecule has 0 unspecified atom stereocenters. The third-order valence-electron chi connectivity index (χ3n) is 10.9. The Morgan fingerprint density at radius 2 is 1.68 bits per heavy atom. The molecule has 2 N–H and O–H groups in total. The van der Waals surface area contributed by atoms with Gasteiger partial charge >= 0.3 is 6.18 Å². The zero-order valence-electron chi connectivity index (χ0n) is 31.3. The van der Waals surface area contributed by atoms with Crippen molar-refractivity contribution in [2.24, 2.45) is 5.41 Å². The normalized spacial score (nSPS) is 16.9. The highest BCUT2D eigenvalue weighted by atomic mass is 35.5. The molecule has 19 heteroatoms. The summed E-state index contributed by atoms with van der Waals surface area (Å²) in [6, 6.07) is 10.4. The smallest absolute Gasteiger partial charge is 0.416 e. The van der Waals surface area contributed by atoms with Crippen LogP contribution in [0, 0.1) is 12.3 Å². The second kappa shape index (κ2) is 14.3. The summed E-state index contributed by atoms with van der Waals surface area (Å²) in [5.41, 5.74) is 1.52. The van der Waals surface area contributed by atoms with Crippen LogP contribution in [0.4, 0.5) is 30.2 Å². The van der Waals surface area contributed by atoms with Crippen molar-refractivity contribution in [3.63, 3.8) is 0 Å². The Kier molecular flexibility index (Phi) is 9.58. The first-order chi connectivity index (χ1) is 27.1. The SMILES string of the molecule is CCc1c(N2CCN(C(=O)c3ncnc(C)c3O)CC2)c(=O)n2nc(-c3ccc(N4CC5(CN(C)C5)C4)cc3)nc2n1CC(=O)Nc1ccc(C(F)(F)F)cc1Cl. The number of fused-ring (bicyclic) bond motifs is 1. The first-order valence-corrected chi connectivity index (χ1v) is 18.8. The molecule has 3 fully saturated rings. The molecule has 1 spiro atoms. The van der Waals surface area contributed by atoms with Crippen LogP contribution in [0.25, 0.3) is 17.2 Å². The van der Waals surface area contributed by atoms with Gasteiger partial charge in [-0.25, -0.2) is 9.97 Å². The van der Waals surface area contributed by atoms with Crippen LogP contribution in [0.15, 0.2) is 53.6 Å². The van der Waals surface area contributed by atoms with Crippen LogP contribution in [-0.2, 0) is 23.9 Å². The minimum absolute atomic E-state index is 0.0181. The van der Waals surface area contributed by atoms with Crippen molar-refractivity contribution in [2.75, 3.05) is 74.5 Å². The molecule has 3 aromatic heterocycles. The van der Waals surface area contributed by atoms with Crippen LogP contribution in [-0.4, -0.2) is 115 Å². The molecule has 8 rings (SSSR count). The van der Waals surface area contributed by atoms with Gasteiger partial charge in [0.2, 0.25) is 11.7 Å². The number of aromatic nitrogens is 6. The fourth-order valence-electron chi connectivity index (χ4n) is 8.15. The highest BCUT2D eigenvalue weighted by Crippen LogP contribution is 2.41. The van der Waals surface area contributed by atoms with E-state index in [1.807, 2.05) is 36.1 Å². The third kappa shape index (κ3) is 7.00. The van der Waals surface area contributed by atoms with Crippen LogP contribution >= 0.6 is 11.6 Å². The summed E-state index contributed by atoms with van der Waals surface area (Å²) < 4.78 is 42.6. The molecule has 3 saturated heterocycles. The summed E-state index contributed by atoms with van der Waals surface area (Å²) in [5, 5.41) is 17.4. The average Bonchev–Trinajstić information content (AvgIpc) is 3.61. The number of carbonyl (C=O) groups excluding carboxylic acids is 2. The average molecular weight is 806 g/mol. The number of hydrogen-bond acceptors (Lipinski definition) is 11. The van der Waals surface area contributed by atoms with Crippen molar-refractivity contribution in [1.29, 1.82) is 0 Å². The number of benzene rings is 2. The molecule has 298 valence electrons. The highest BCUT2D eigenvalue weighted by Gasteiger charge is 2.50. The van der Waals surface area contributed by atoms with Gasteiger partial charge in [0, 0.05) is 69.0 Å². The number of amides is 2. The van der Waals surface area contributed by atoms with Gasteiger partial charge in [0.1, 0.15) is 18.6 Å². The summed E-state index contributed by atoms with van der Waals surface area (Å²) in [4.78, 5) is 62.1. The van der Waals surface area contributed by atoms with Crippen molar-refractivity contribution in [3.8, 4) is 17.1 Å². The summed E-state index contributed by atoms with van der Waals surface area (Å²) in [7, 11) is 2.12. The topological polar surface area (TPSA) is 157 Å². The standard InChI is InChI=1S/C38H39ClF3N11O4/c1-4-28-31(49-11-13-50(14-12-49)34(56)30-32(55)22(2)43-21-44-30)35(57)53-36(52(28)16-29(54)45-27-10-7-24(15-26(27)39)38(40,41)42)46-33(47-53)23-5-8-25(9-6-23)51-19-37(20-51)17-48(3)18-37/h5-10,15,21,55H,4,11-14,16-20H2,1-3H3,(H,45,54). The second-order valence-corrected chi connectivity index (χ2v) is 15.3. The van der Waals surface area contributed by atoms with E-state index < -0.39 is 29.1 Å². The molecule has 3 aliphatic rings. The van der Waals surface area contributed by atoms with Gasteiger partial charge < -0.3 is 34.6 Å². The number of alkyl halides is 3. The maximum absolute atomic E-state index is 14.4. The number of aromatic hydroxyl groups is 1. The fourth-order valence-corrected chi connectivity index (χ4v) is 8.38. The Balaban J connectivity index is 1.11. The number of aryl methyl sites for hydroxylation is 1. The van der Waals surface area contributed by atoms with Crippen molar-refractivity contribution < 1.29 is 27.9 Å². The van der Waals surface area contributed by atoms with Gasteiger partial charge in [-0.2, -0.15) is 22.7 Å². The van der Waals surface area contributed by atoms with E-state index in [0.717, 1.165) is 54.6 Å². The van der Waals surface area contributed by atoms with E-state index in [2.05, 4.69) is 37.2 Å². The molecule has 0 radical (unpaired) electrons. The molecule has 0 atom stereocenters. The Bertz CT molecular complexity index is 2450. The van der Waals surface area contributed by atoms with E-state index in [1.165, 1.54) is 11.2 Å². The van der Waals surface area contributed by atoms with Crippen molar-refractivity contribution in [2.45, 2.75) is 33.0 Å². The van der Waals surface area contributed by atoms with E-state index in [1.54, 1.807) is 11.5 Å². The summed E-state index contributed by atoms with van der Waals surface area (Å²) >= 11 is 6.17. The molecule has 0 saturated carbocycles. The predicted molar refractivity (Wildman–Crippen MR) is 206 cm³/mol. The summed E-state index contributed by atoms with van der Waals surface area (Å²) in [6.45, 7) is 8.00. The Hall–Kier alpha value is -5.75. The zero-order chi connectivity index (χ0) is 40.4. The van der Waals surface area contributed by atoms with Crippen LogP contribution in [0.1, 0.15) is 34.4 Å². The zero-order valence-corrected chi connectivity index (χ0v) is 32.1. The number of rotatable bonds is 8. The largest absolute Gasteiger partial charge is 0.504 e. The second-order valence-electron chi connectivity index (χ2n) is 14.9. The minimum atomic E-state index is -4.62. The molecule has 3 aliphatic heterocycles. The van der Waals surface area contributed by atoms with Crippen LogP contribution in [0.5, 0.6) is 5.75 Å². The van der Waals surface area contributed by atoms with Gasteiger partial charge in [-0.15, -0.1) is 5.10 Å². The lowest BCUT2D eigenvalue weighted by Crippen LogP contribution is -2.71. The third-order valence-corrected chi connectivity index (χ3v) is 11.2. The Morgan fingerprint density at radius 1 is 0.982 bits per heavy atom. The molecule has 15 nitrogen and oxygen atoms in total. The lowest BCUT2D eigenvalue weighted by atomic mass is 9.73. The first kappa shape index (κ1) is 38.1. The van der Waals surface area contributed by atoms with Gasteiger partial charge in [0.15, 0.2) is 17.3 Å². The molecular formula is C38H39ClF3N11O4. The quantitative estimate of drug-likeness (QED) is 0.234. The molecule has 5 aromatic rings. The number of anilines is 3. The fraction of sp³-hybridized carbons (Fsp3) is 0.395.